The molecule has 4 nitrogen and oxygen atoms in total. The van der Waals surface area contributed by atoms with E-state index >= 15 is 0 Å². The Morgan fingerprint density at radius 3 is 2.39 bits per heavy atom. The summed E-state index contributed by atoms with van der Waals surface area (Å²) in [5.41, 5.74) is 2.27. The molecule has 18 heavy (non-hydrogen) atoms. The third-order valence-electron chi connectivity index (χ3n) is 2.62. The lowest BCUT2D eigenvalue weighted by Crippen LogP contribution is -2.14. The Kier molecular flexibility index (Phi) is 6.32. The molecule has 0 bridgehead atoms. The maximum atomic E-state index is 9.27. The van der Waals surface area contributed by atoms with Crippen molar-refractivity contribution in [3.63, 3.8) is 0 Å². The molecule has 0 saturated heterocycles. The molecule has 0 aliphatic heterocycles. The van der Waals surface area contributed by atoms with Crippen molar-refractivity contribution in [2.24, 2.45) is 0 Å². The molecule has 1 rings (SSSR count). The molecule has 0 radical (unpaired) electrons. The minimum Gasteiger partial charge on any atom is -0.493 e. The summed E-state index contributed by atoms with van der Waals surface area (Å²) in [6, 6.07) is 3.89. The predicted molar refractivity (Wildman–Crippen MR) is 73.5 cm³/mol. The van der Waals surface area contributed by atoms with Gasteiger partial charge >= 0.3 is 0 Å². The van der Waals surface area contributed by atoms with Gasteiger partial charge in [0.2, 0.25) is 0 Å². The largest absolute Gasteiger partial charge is 0.493 e. The molecule has 2 N–H and O–H groups in total. The first kappa shape index (κ1) is 15.1. The van der Waals surface area contributed by atoms with Gasteiger partial charge in [-0.25, -0.2) is 0 Å². The van der Waals surface area contributed by atoms with Gasteiger partial charge < -0.3 is 19.7 Å². The number of rotatable bonds is 7. The summed E-state index contributed by atoms with van der Waals surface area (Å²) in [4.78, 5) is 0. The predicted octanol–water partition coefficient (Wildman–Crippen LogP) is 1.60. The Bertz CT molecular complexity index is 381. The molecule has 0 saturated carbocycles. The fourth-order valence-electron chi connectivity index (χ4n) is 1.54. The molecule has 1 aromatic rings. The number of aliphatic hydroxyl groups excluding tert-OH is 2. The van der Waals surface area contributed by atoms with Crippen molar-refractivity contribution in [2.75, 3.05) is 26.6 Å². The van der Waals surface area contributed by atoms with E-state index in [1.807, 2.05) is 19.1 Å². The van der Waals surface area contributed by atoms with E-state index in [9.17, 15) is 5.11 Å². The minimum absolute atomic E-state index is 0.197. The van der Waals surface area contributed by atoms with Crippen molar-refractivity contribution >= 4 is 11.8 Å². The van der Waals surface area contributed by atoms with Gasteiger partial charge in [-0.1, -0.05) is 0 Å². The quantitative estimate of drug-likeness (QED) is 0.789. The van der Waals surface area contributed by atoms with Gasteiger partial charge in [0.15, 0.2) is 11.5 Å². The lowest BCUT2D eigenvalue weighted by atomic mass is 10.1. The maximum absolute atomic E-state index is 9.27. The highest BCUT2D eigenvalue weighted by molar-refractivity contribution is 7.98. The zero-order chi connectivity index (χ0) is 13.5. The van der Waals surface area contributed by atoms with E-state index in [2.05, 4.69) is 0 Å². The highest BCUT2D eigenvalue weighted by atomic mass is 32.2. The molecule has 0 aromatic heterocycles. The van der Waals surface area contributed by atoms with E-state index in [1.54, 1.807) is 26.0 Å². The molecule has 0 aliphatic rings. The van der Waals surface area contributed by atoms with E-state index in [4.69, 9.17) is 14.6 Å². The van der Waals surface area contributed by atoms with Crippen LogP contribution < -0.4 is 9.47 Å². The van der Waals surface area contributed by atoms with Gasteiger partial charge in [-0.05, 0) is 30.2 Å². The van der Waals surface area contributed by atoms with Crippen molar-refractivity contribution in [1.82, 2.24) is 0 Å². The van der Waals surface area contributed by atoms with Gasteiger partial charge in [-0.3, -0.25) is 0 Å². The van der Waals surface area contributed by atoms with Crippen molar-refractivity contribution < 1.29 is 19.7 Å². The van der Waals surface area contributed by atoms with Crippen LogP contribution in [0.3, 0.4) is 0 Å². The van der Waals surface area contributed by atoms with Crippen LogP contribution >= 0.6 is 11.8 Å². The average Bonchev–Trinajstić information content (AvgIpc) is 2.39. The summed E-state index contributed by atoms with van der Waals surface area (Å²) in [6.45, 7) is 1.82. The standard InChI is InChI=1S/C13H20O4S/c1-9-4-12(16-2)13(17-3)5-10(9)7-18-8-11(15)6-14/h4-5,11,14-15H,6-8H2,1-3H3. The van der Waals surface area contributed by atoms with Crippen LogP contribution in [0.1, 0.15) is 11.1 Å². The molecular formula is C13H20O4S. The zero-order valence-electron chi connectivity index (χ0n) is 11.0. The third kappa shape index (κ3) is 4.08. The molecule has 1 aromatic carbocycles. The van der Waals surface area contributed by atoms with E-state index in [0.29, 0.717) is 11.5 Å². The Labute approximate surface area is 112 Å². The van der Waals surface area contributed by atoms with Gasteiger partial charge in [-0.2, -0.15) is 11.8 Å². The van der Waals surface area contributed by atoms with E-state index in [-0.39, 0.29) is 6.61 Å². The fraction of sp³-hybridized carbons (Fsp3) is 0.538. The molecule has 1 atom stereocenters. The van der Waals surface area contributed by atoms with Crippen LogP contribution in [0.5, 0.6) is 11.5 Å². The Morgan fingerprint density at radius 1 is 1.22 bits per heavy atom. The van der Waals surface area contributed by atoms with E-state index in [1.165, 1.54) is 0 Å². The number of hydrogen-bond donors (Lipinski definition) is 2. The van der Waals surface area contributed by atoms with Crippen LogP contribution in [0.4, 0.5) is 0 Å². The number of methoxy groups -OCH3 is 2. The molecule has 0 heterocycles. The van der Waals surface area contributed by atoms with Crippen LogP contribution in [-0.4, -0.2) is 42.9 Å². The van der Waals surface area contributed by atoms with Gasteiger partial charge in [0.1, 0.15) is 0 Å². The number of thioether (sulfide) groups is 1. The smallest absolute Gasteiger partial charge is 0.161 e. The summed E-state index contributed by atoms with van der Waals surface area (Å²) in [5, 5.41) is 18.0. The molecule has 0 aliphatic carbocycles. The second-order valence-corrected chi connectivity index (χ2v) is 5.02. The second kappa shape index (κ2) is 7.51. The van der Waals surface area contributed by atoms with Crippen LogP contribution in [-0.2, 0) is 5.75 Å². The second-order valence-electron chi connectivity index (χ2n) is 3.99. The SMILES string of the molecule is COc1cc(C)c(CSCC(O)CO)cc1OC. The Morgan fingerprint density at radius 2 is 1.83 bits per heavy atom. The van der Waals surface area contributed by atoms with Crippen molar-refractivity contribution in [3.05, 3.63) is 23.3 Å². The van der Waals surface area contributed by atoms with Crippen LogP contribution in [0.2, 0.25) is 0 Å². The normalized spacial score (nSPS) is 12.3. The molecule has 0 spiro atoms. The van der Waals surface area contributed by atoms with Crippen molar-refractivity contribution in [2.45, 2.75) is 18.8 Å². The number of ether oxygens (including phenoxy) is 2. The Hall–Kier alpha value is -0.910. The minimum atomic E-state index is -0.657. The van der Waals surface area contributed by atoms with Gasteiger partial charge in [0.05, 0.1) is 26.9 Å². The molecule has 5 heteroatoms. The maximum Gasteiger partial charge on any atom is 0.161 e. The molecular weight excluding hydrogens is 252 g/mol. The lowest BCUT2D eigenvalue weighted by Gasteiger charge is -2.13. The van der Waals surface area contributed by atoms with Gasteiger partial charge in [-0.15, -0.1) is 0 Å². The molecule has 102 valence electrons. The highest BCUT2D eigenvalue weighted by Crippen LogP contribution is 2.31. The fourth-order valence-corrected chi connectivity index (χ4v) is 2.56. The topological polar surface area (TPSA) is 58.9 Å². The molecule has 0 amide bonds. The zero-order valence-corrected chi connectivity index (χ0v) is 11.8. The first-order valence-electron chi connectivity index (χ1n) is 5.70. The summed E-state index contributed by atoms with van der Waals surface area (Å²) < 4.78 is 10.5. The first-order valence-corrected chi connectivity index (χ1v) is 6.86. The highest BCUT2D eigenvalue weighted by Gasteiger charge is 2.09. The van der Waals surface area contributed by atoms with Gasteiger partial charge in [0.25, 0.3) is 0 Å². The van der Waals surface area contributed by atoms with E-state index in [0.717, 1.165) is 22.6 Å². The number of aliphatic hydroxyl groups is 2. The summed E-state index contributed by atoms with van der Waals surface area (Å²) in [7, 11) is 3.23. The van der Waals surface area contributed by atoms with Gasteiger partial charge in [0, 0.05) is 11.5 Å². The van der Waals surface area contributed by atoms with Crippen molar-refractivity contribution in [3.8, 4) is 11.5 Å². The number of benzene rings is 1. The summed E-state index contributed by atoms with van der Waals surface area (Å²) in [6.07, 6.45) is -0.657. The average molecular weight is 272 g/mol. The van der Waals surface area contributed by atoms with Crippen LogP contribution in [0.15, 0.2) is 12.1 Å². The van der Waals surface area contributed by atoms with E-state index < -0.39 is 6.10 Å². The van der Waals surface area contributed by atoms with Crippen molar-refractivity contribution in [1.29, 1.82) is 0 Å². The van der Waals surface area contributed by atoms with Crippen LogP contribution in [0, 0.1) is 6.92 Å². The number of aryl methyl sites for hydroxylation is 1. The summed E-state index contributed by atoms with van der Waals surface area (Å²) >= 11 is 1.58. The molecule has 1 unspecified atom stereocenters. The number of hydrogen-bond acceptors (Lipinski definition) is 5. The lowest BCUT2D eigenvalue weighted by molar-refractivity contribution is 0.113. The molecule has 0 fully saturated rings. The van der Waals surface area contributed by atoms with Crippen LogP contribution in [0.25, 0.3) is 0 Å². The summed E-state index contributed by atoms with van der Waals surface area (Å²) in [5.74, 6) is 2.72. The monoisotopic (exact) mass is 272 g/mol. The third-order valence-corrected chi connectivity index (χ3v) is 3.76. The first-order chi connectivity index (χ1) is 8.62. The Balaban J connectivity index is 2.71.